The Kier molecular flexibility index (Phi) is 15.6. The van der Waals surface area contributed by atoms with E-state index in [0.717, 1.165) is 0 Å². The molecule has 0 rings (SSSR count). The van der Waals surface area contributed by atoms with Crippen LogP contribution in [0.4, 0.5) is 0 Å². The van der Waals surface area contributed by atoms with Crippen molar-refractivity contribution in [3.8, 4) is 0 Å². The Balaban J connectivity index is 0. The minimum Gasteiger partial charge on any atom is -0.756 e. The zero-order chi connectivity index (χ0) is 22.8. The molecule has 30 heavy (non-hydrogen) atoms. The number of amides is 1. The number of carbonyl (C=O) groups excluding carboxylic acids is 1. The van der Waals surface area contributed by atoms with Gasteiger partial charge in [0.15, 0.2) is 12.1 Å². The monoisotopic (exact) mass is 482 g/mol. The molecule has 0 aliphatic heterocycles. The van der Waals surface area contributed by atoms with Gasteiger partial charge in [-0.1, -0.05) is 0 Å². The van der Waals surface area contributed by atoms with Crippen LogP contribution < -0.4 is 67.3 Å². The van der Waals surface area contributed by atoms with Crippen LogP contribution in [0.2, 0.25) is 0 Å². The second-order valence-electron chi connectivity index (χ2n) is 5.55. The SMILES string of the molecule is N[C@@H](CCC(=O)N[C@@H](COP(=O)([O-])O[C@@H](CCC(=O)O)C(=O)O)C(=O)O)C(=O)O.[K+]. The number of aliphatic carboxylic acids is 4. The number of nitrogens with one attached hydrogen (secondary N) is 1. The van der Waals surface area contributed by atoms with Crippen LogP contribution in [-0.4, -0.2) is 75.0 Å². The molecule has 0 aromatic rings. The van der Waals surface area contributed by atoms with Gasteiger partial charge < -0.3 is 45.4 Å². The van der Waals surface area contributed by atoms with Gasteiger partial charge in [0, 0.05) is 12.8 Å². The van der Waals surface area contributed by atoms with Crippen LogP contribution in [0.1, 0.15) is 25.7 Å². The summed E-state index contributed by atoms with van der Waals surface area (Å²) >= 11 is 0. The fourth-order valence-corrected chi connectivity index (χ4v) is 2.58. The second kappa shape index (κ2) is 15.0. The van der Waals surface area contributed by atoms with Crippen molar-refractivity contribution in [2.24, 2.45) is 5.73 Å². The summed E-state index contributed by atoms with van der Waals surface area (Å²) in [4.78, 5) is 66.3. The Labute approximate surface area is 211 Å². The van der Waals surface area contributed by atoms with Crippen molar-refractivity contribution in [3.63, 3.8) is 0 Å². The van der Waals surface area contributed by atoms with E-state index in [2.05, 4.69) is 9.05 Å². The zero-order valence-electron chi connectivity index (χ0n) is 15.8. The summed E-state index contributed by atoms with van der Waals surface area (Å²) in [5, 5.41) is 36.8. The van der Waals surface area contributed by atoms with Crippen LogP contribution >= 0.6 is 7.82 Å². The Hall–Kier alpha value is -0.944. The molecule has 0 fully saturated rings. The van der Waals surface area contributed by atoms with E-state index >= 15 is 0 Å². The molecule has 0 bridgehead atoms. The largest absolute Gasteiger partial charge is 1.00 e. The Morgan fingerprint density at radius 3 is 1.97 bits per heavy atom. The summed E-state index contributed by atoms with van der Waals surface area (Å²) in [6.07, 6.45) is -4.29. The van der Waals surface area contributed by atoms with Crippen molar-refractivity contribution in [1.82, 2.24) is 5.32 Å². The molecule has 15 nitrogen and oxygen atoms in total. The van der Waals surface area contributed by atoms with E-state index in [1.54, 1.807) is 0 Å². The van der Waals surface area contributed by atoms with Crippen molar-refractivity contribution < 1.29 is 114 Å². The third kappa shape index (κ3) is 14.1. The van der Waals surface area contributed by atoms with Crippen molar-refractivity contribution in [2.75, 3.05) is 6.61 Å². The summed E-state index contributed by atoms with van der Waals surface area (Å²) in [5.74, 6) is -7.23. The molecule has 0 heterocycles. The smallest absolute Gasteiger partial charge is 0.756 e. The first kappa shape index (κ1) is 31.2. The van der Waals surface area contributed by atoms with Gasteiger partial charge in [-0.3, -0.25) is 18.9 Å². The number of carbonyl (C=O) groups is 5. The fourth-order valence-electron chi connectivity index (χ4n) is 1.68. The summed E-state index contributed by atoms with van der Waals surface area (Å²) in [6.45, 7) is -1.17. The third-order valence-corrected chi connectivity index (χ3v) is 4.16. The van der Waals surface area contributed by atoms with Gasteiger partial charge in [0.2, 0.25) is 5.91 Å². The number of phosphoric acid groups is 1. The first-order valence-electron chi connectivity index (χ1n) is 7.84. The molecule has 0 spiro atoms. The molecule has 0 saturated carbocycles. The summed E-state index contributed by atoms with van der Waals surface area (Å²) in [6, 6.07) is -3.26. The standard InChI is InChI=1S/C13H21N2O13P.K/c14-6(11(19)20)1-3-9(16)15-7(12(21)22)5-27-29(25,26)28-8(13(23)24)2-4-10(17)18;/h6-8H,1-5,14H2,(H,15,16)(H,17,18)(H,19,20)(H,21,22)(H,23,24)(H,25,26);/q;+1/p-1/t6-,7-,8-;/m0./s1. The van der Waals surface area contributed by atoms with Gasteiger partial charge in [-0.2, -0.15) is 0 Å². The normalized spacial score (nSPS) is 15.5. The molecule has 17 heteroatoms. The molecule has 7 N–H and O–H groups in total. The van der Waals surface area contributed by atoms with Crippen molar-refractivity contribution in [1.29, 1.82) is 0 Å². The first-order valence-corrected chi connectivity index (χ1v) is 9.30. The van der Waals surface area contributed by atoms with Crippen LogP contribution in [0.5, 0.6) is 0 Å². The molecule has 0 aromatic heterocycles. The predicted octanol–water partition coefficient (Wildman–Crippen LogP) is -5.43. The van der Waals surface area contributed by atoms with Crippen LogP contribution in [0, 0.1) is 0 Å². The quantitative estimate of drug-likeness (QED) is 0.0940. The van der Waals surface area contributed by atoms with Gasteiger partial charge >= 0.3 is 75.3 Å². The first-order chi connectivity index (χ1) is 13.2. The molecular weight excluding hydrogens is 462 g/mol. The number of carboxylic acids is 4. The van der Waals surface area contributed by atoms with Gasteiger partial charge in [0.1, 0.15) is 6.04 Å². The topological polar surface area (TPSA) is 263 Å². The molecule has 1 amide bonds. The minimum atomic E-state index is -5.38. The molecule has 166 valence electrons. The van der Waals surface area contributed by atoms with E-state index in [4.69, 9.17) is 26.2 Å². The maximum absolute atomic E-state index is 11.7. The number of nitrogens with two attached hydrogens (primary N) is 1. The molecule has 0 aliphatic carbocycles. The van der Waals surface area contributed by atoms with Gasteiger partial charge in [-0.15, -0.1) is 0 Å². The molecule has 0 aromatic carbocycles. The average molecular weight is 482 g/mol. The van der Waals surface area contributed by atoms with E-state index in [0.29, 0.717) is 0 Å². The summed E-state index contributed by atoms with van der Waals surface area (Å²) < 4.78 is 20.2. The number of hydrogen-bond donors (Lipinski definition) is 6. The second-order valence-corrected chi connectivity index (χ2v) is 6.91. The number of rotatable bonds is 15. The van der Waals surface area contributed by atoms with Gasteiger partial charge in [-0.05, 0) is 12.8 Å². The van der Waals surface area contributed by atoms with Crippen LogP contribution in [0.3, 0.4) is 0 Å². The Bertz CT molecular complexity index is 688. The summed E-state index contributed by atoms with van der Waals surface area (Å²) in [7, 11) is -5.38. The van der Waals surface area contributed by atoms with Crippen molar-refractivity contribution >= 4 is 37.6 Å². The van der Waals surface area contributed by atoms with E-state index < -0.39 is 81.7 Å². The van der Waals surface area contributed by atoms with E-state index in [9.17, 15) is 33.4 Å². The van der Waals surface area contributed by atoms with Gasteiger partial charge in [-0.25, -0.2) is 9.59 Å². The average Bonchev–Trinajstić information content (AvgIpc) is 2.59. The number of carboxylic acid groups (broad SMARTS) is 4. The maximum atomic E-state index is 11.7. The van der Waals surface area contributed by atoms with Gasteiger partial charge in [0.05, 0.1) is 6.61 Å². The Morgan fingerprint density at radius 2 is 1.53 bits per heavy atom. The van der Waals surface area contributed by atoms with E-state index in [1.165, 1.54) is 0 Å². The molecule has 0 aliphatic rings. The predicted molar refractivity (Wildman–Crippen MR) is 87.3 cm³/mol. The number of phosphoric ester groups is 1. The Morgan fingerprint density at radius 1 is 0.967 bits per heavy atom. The van der Waals surface area contributed by atoms with Crippen LogP contribution in [0.25, 0.3) is 0 Å². The van der Waals surface area contributed by atoms with Gasteiger partial charge in [0.25, 0.3) is 7.82 Å². The van der Waals surface area contributed by atoms with Crippen LogP contribution in [-0.2, 0) is 37.6 Å². The van der Waals surface area contributed by atoms with Crippen molar-refractivity contribution in [2.45, 2.75) is 43.9 Å². The van der Waals surface area contributed by atoms with Crippen molar-refractivity contribution in [3.05, 3.63) is 0 Å². The molecule has 0 radical (unpaired) electrons. The molecule has 1 unspecified atom stereocenters. The van der Waals surface area contributed by atoms with Crippen LogP contribution in [0.15, 0.2) is 0 Å². The fraction of sp³-hybridized carbons (Fsp3) is 0.615. The zero-order valence-corrected chi connectivity index (χ0v) is 19.8. The molecule has 0 saturated heterocycles. The van der Waals surface area contributed by atoms with E-state index in [-0.39, 0.29) is 57.8 Å². The third-order valence-electron chi connectivity index (χ3n) is 3.18. The maximum Gasteiger partial charge on any atom is 1.00 e. The minimum absolute atomic E-state index is 0. The molecule has 4 atom stereocenters. The number of hydrogen-bond acceptors (Lipinski definition) is 10. The summed E-state index contributed by atoms with van der Waals surface area (Å²) in [5.41, 5.74) is 5.19. The molecular formula is C13H20KN2O13P. The van der Waals surface area contributed by atoms with E-state index in [1.807, 2.05) is 5.32 Å².